The number of nitrogens with zero attached hydrogens (tertiary/aromatic N) is 7. The molecule has 4 rings (SSSR count). The standard InChI is InChI=1S/C20H26N8/c1-16-5-3-10-28-15-17(25-18(16)28)6-9-24-19(21-2)26-11-13-27(14-12-26)20-22-7-4-8-23-20/h3-5,7-8,10,15H,6,9,11-14H2,1-2H3,(H,21,24). The summed E-state index contributed by atoms with van der Waals surface area (Å²) in [6.45, 7) is 6.45. The molecule has 28 heavy (non-hydrogen) atoms. The lowest BCUT2D eigenvalue weighted by atomic mass is 10.3. The van der Waals surface area contributed by atoms with Crippen LogP contribution < -0.4 is 10.2 Å². The highest BCUT2D eigenvalue weighted by Crippen LogP contribution is 2.11. The molecule has 1 N–H and O–H groups in total. The Hall–Kier alpha value is -3.16. The summed E-state index contributed by atoms with van der Waals surface area (Å²) in [6.07, 6.45) is 8.58. The number of fused-ring (bicyclic) bond motifs is 1. The van der Waals surface area contributed by atoms with Crippen molar-refractivity contribution in [1.29, 1.82) is 0 Å². The van der Waals surface area contributed by atoms with Gasteiger partial charge < -0.3 is 19.5 Å². The molecular weight excluding hydrogens is 352 g/mol. The number of hydrogen-bond donors (Lipinski definition) is 1. The molecule has 4 heterocycles. The fourth-order valence-electron chi connectivity index (χ4n) is 3.53. The van der Waals surface area contributed by atoms with Crippen LogP contribution in [0.15, 0.2) is 48.0 Å². The lowest BCUT2D eigenvalue weighted by Gasteiger charge is -2.36. The fraction of sp³-hybridized carbons (Fsp3) is 0.400. The first-order chi connectivity index (χ1) is 13.7. The van der Waals surface area contributed by atoms with E-state index in [1.165, 1.54) is 5.56 Å². The smallest absolute Gasteiger partial charge is 0.225 e. The normalized spacial score (nSPS) is 15.3. The average molecular weight is 378 g/mol. The molecule has 3 aromatic heterocycles. The lowest BCUT2D eigenvalue weighted by Crippen LogP contribution is -2.53. The average Bonchev–Trinajstić information content (AvgIpc) is 3.17. The number of rotatable bonds is 4. The van der Waals surface area contributed by atoms with E-state index in [4.69, 9.17) is 4.98 Å². The molecule has 1 saturated heterocycles. The first-order valence-electron chi connectivity index (χ1n) is 9.65. The molecule has 146 valence electrons. The molecule has 0 aromatic carbocycles. The quantitative estimate of drug-likeness (QED) is 0.546. The van der Waals surface area contributed by atoms with Gasteiger partial charge in [-0.25, -0.2) is 15.0 Å². The zero-order valence-electron chi connectivity index (χ0n) is 16.4. The summed E-state index contributed by atoms with van der Waals surface area (Å²) in [5.74, 6) is 1.74. The molecule has 8 nitrogen and oxygen atoms in total. The van der Waals surface area contributed by atoms with Gasteiger partial charge in [0.1, 0.15) is 5.65 Å². The van der Waals surface area contributed by atoms with E-state index in [0.717, 1.165) is 62.4 Å². The van der Waals surface area contributed by atoms with Gasteiger partial charge in [-0.15, -0.1) is 0 Å². The highest BCUT2D eigenvalue weighted by molar-refractivity contribution is 5.80. The predicted molar refractivity (Wildman–Crippen MR) is 111 cm³/mol. The first-order valence-corrected chi connectivity index (χ1v) is 9.65. The van der Waals surface area contributed by atoms with E-state index >= 15 is 0 Å². The highest BCUT2D eigenvalue weighted by Gasteiger charge is 2.20. The number of hydrogen-bond acceptors (Lipinski definition) is 5. The maximum Gasteiger partial charge on any atom is 0.225 e. The minimum Gasteiger partial charge on any atom is -0.356 e. The first kappa shape index (κ1) is 18.2. The molecule has 0 saturated carbocycles. The third kappa shape index (κ3) is 3.90. The van der Waals surface area contributed by atoms with Crippen LogP contribution >= 0.6 is 0 Å². The van der Waals surface area contributed by atoms with Crippen LogP contribution in [0.3, 0.4) is 0 Å². The Balaban J connectivity index is 1.30. The Morgan fingerprint density at radius 2 is 1.93 bits per heavy atom. The van der Waals surface area contributed by atoms with E-state index < -0.39 is 0 Å². The van der Waals surface area contributed by atoms with Crippen LogP contribution in [0.2, 0.25) is 0 Å². The molecule has 3 aromatic rings. The van der Waals surface area contributed by atoms with Crippen LogP contribution in [-0.2, 0) is 6.42 Å². The van der Waals surface area contributed by atoms with Crippen molar-refractivity contribution in [1.82, 2.24) is 29.6 Å². The summed E-state index contributed by atoms with van der Waals surface area (Å²) in [7, 11) is 1.84. The van der Waals surface area contributed by atoms with Gasteiger partial charge in [-0.05, 0) is 24.6 Å². The van der Waals surface area contributed by atoms with Crippen LogP contribution in [0.4, 0.5) is 5.95 Å². The summed E-state index contributed by atoms with van der Waals surface area (Å²) >= 11 is 0. The maximum atomic E-state index is 4.74. The molecule has 0 unspecified atom stereocenters. The third-order valence-corrected chi connectivity index (χ3v) is 5.02. The van der Waals surface area contributed by atoms with Gasteiger partial charge in [0, 0.05) is 71.0 Å². The van der Waals surface area contributed by atoms with Crippen LogP contribution in [0.5, 0.6) is 0 Å². The van der Waals surface area contributed by atoms with Crippen molar-refractivity contribution in [3.8, 4) is 0 Å². The number of guanidine groups is 1. The molecule has 8 heteroatoms. The van der Waals surface area contributed by atoms with E-state index in [1.807, 2.05) is 25.4 Å². The summed E-state index contributed by atoms with van der Waals surface area (Å²) < 4.78 is 2.09. The molecule has 0 aliphatic carbocycles. The van der Waals surface area contributed by atoms with Gasteiger partial charge in [0.2, 0.25) is 5.95 Å². The van der Waals surface area contributed by atoms with Crippen molar-refractivity contribution in [2.24, 2.45) is 4.99 Å². The van der Waals surface area contributed by atoms with E-state index in [1.54, 1.807) is 12.4 Å². The van der Waals surface area contributed by atoms with Crippen molar-refractivity contribution >= 4 is 17.6 Å². The van der Waals surface area contributed by atoms with E-state index in [2.05, 4.69) is 53.7 Å². The summed E-state index contributed by atoms with van der Waals surface area (Å²) in [5.41, 5.74) is 3.31. The largest absolute Gasteiger partial charge is 0.356 e. The number of piperazine rings is 1. The zero-order valence-corrected chi connectivity index (χ0v) is 16.4. The number of aryl methyl sites for hydroxylation is 1. The minimum atomic E-state index is 0.798. The van der Waals surface area contributed by atoms with E-state index in [0.29, 0.717) is 0 Å². The SMILES string of the molecule is CN=C(NCCc1cn2cccc(C)c2n1)N1CCN(c2ncccn2)CC1. The molecular formula is C20H26N8. The van der Waals surface area contributed by atoms with Crippen molar-refractivity contribution in [2.75, 3.05) is 44.7 Å². The third-order valence-electron chi connectivity index (χ3n) is 5.02. The summed E-state index contributed by atoms with van der Waals surface area (Å²) in [4.78, 5) is 22.4. The minimum absolute atomic E-state index is 0.798. The van der Waals surface area contributed by atoms with Crippen molar-refractivity contribution in [2.45, 2.75) is 13.3 Å². The molecule has 0 radical (unpaired) electrons. The molecule has 1 aliphatic rings. The number of imidazole rings is 1. The Labute approximate surface area is 165 Å². The Morgan fingerprint density at radius 1 is 1.14 bits per heavy atom. The molecule has 0 amide bonds. The second-order valence-electron chi connectivity index (χ2n) is 6.90. The predicted octanol–water partition coefficient (Wildman–Crippen LogP) is 1.37. The number of aromatic nitrogens is 4. The van der Waals surface area contributed by atoms with Crippen LogP contribution in [0.25, 0.3) is 5.65 Å². The Morgan fingerprint density at radius 3 is 2.64 bits per heavy atom. The van der Waals surface area contributed by atoms with Gasteiger partial charge in [0.15, 0.2) is 5.96 Å². The zero-order chi connectivity index (χ0) is 19.3. The Kier molecular flexibility index (Phi) is 5.36. The fourth-order valence-corrected chi connectivity index (χ4v) is 3.53. The van der Waals surface area contributed by atoms with Gasteiger partial charge in [-0.2, -0.15) is 0 Å². The molecule has 1 aliphatic heterocycles. The van der Waals surface area contributed by atoms with Crippen LogP contribution in [0.1, 0.15) is 11.3 Å². The van der Waals surface area contributed by atoms with Crippen LogP contribution in [0, 0.1) is 6.92 Å². The second kappa shape index (κ2) is 8.24. The van der Waals surface area contributed by atoms with E-state index in [-0.39, 0.29) is 0 Å². The lowest BCUT2D eigenvalue weighted by molar-refractivity contribution is 0.370. The van der Waals surface area contributed by atoms with Crippen molar-refractivity contribution < 1.29 is 0 Å². The monoisotopic (exact) mass is 378 g/mol. The number of pyridine rings is 1. The van der Waals surface area contributed by atoms with Gasteiger partial charge in [0.05, 0.1) is 5.69 Å². The summed E-state index contributed by atoms with van der Waals surface area (Å²) in [6, 6.07) is 5.98. The summed E-state index contributed by atoms with van der Waals surface area (Å²) in [5, 5.41) is 3.48. The van der Waals surface area contributed by atoms with Gasteiger partial charge >= 0.3 is 0 Å². The molecule has 0 spiro atoms. The second-order valence-corrected chi connectivity index (χ2v) is 6.90. The van der Waals surface area contributed by atoms with E-state index in [9.17, 15) is 0 Å². The van der Waals surface area contributed by atoms with Crippen molar-refractivity contribution in [3.05, 3.63) is 54.2 Å². The van der Waals surface area contributed by atoms with Gasteiger partial charge in [0.25, 0.3) is 0 Å². The van der Waals surface area contributed by atoms with Crippen molar-refractivity contribution in [3.63, 3.8) is 0 Å². The molecule has 0 bridgehead atoms. The molecule has 0 atom stereocenters. The number of anilines is 1. The number of aliphatic imine (C=N–C) groups is 1. The topological polar surface area (TPSA) is 74.0 Å². The highest BCUT2D eigenvalue weighted by atomic mass is 15.4. The maximum absolute atomic E-state index is 4.74. The molecule has 1 fully saturated rings. The number of nitrogens with one attached hydrogen (secondary N) is 1. The van der Waals surface area contributed by atoms with Crippen LogP contribution in [-0.4, -0.2) is 70.0 Å². The van der Waals surface area contributed by atoms with Gasteiger partial charge in [-0.1, -0.05) is 6.07 Å². The Bertz CT molecular complexity index is 941. The van der Waals surface area contributed by atoms with Gasteiger partial charge in [-0.3, -0.25) is 4.99 Å².